The van der Waals surface area contributed by atoms with E-state index in [1.54, 1.807) is 5.40 Å². The van der Waals surface area contributed by atoms with Gasteiger partial charge in [0.2, 0.25) is 0 Å². The van der Waals surface area contributed by atoms with Gasteiger partial charge in [-0.1, -0.05) is 0 Å². The van der Waals surface area contributed by atoms with E-state index in [-0.39, 0.29) is 11.3 Å². The standard InChI is InChI=1S/C10H8FNO2S/c1-14-7-2-3-8(9(11)4-7)10(13)5-15-6-12/h2-4H,5H2,1H3. The van der Waals surface area contributed by atoms with Crippen LogP contribution >= 0.6 is 11.8 Å². The van der Waals surface area contributed by atoms with E-state index in [0.717, 1.165) is 17.8 Å². The molecule has 0 aromatic heterocycles. The third-order valence-electron chi connectivity index (χ3n) is 1.74. The minimum absolute atomic E-state index is 0.0152. The van der Waals surface area contributed by atoms with Crippen molar-refractivity contribution in [2.45, 2.75) is 0 Å². The number of hydrogen-bond acceptors (Lipinski definition) is 4. The van der Waals surface area contributed by atoms with Crippen LogP contribution in [0.4, 0.5) is 4.39 Å². The third-order valence-corrected chi connectivity index (χ3v) is 2.28. The third kappa shape index (κ3) is 2.96. The molecule has 0 aliphatic rings. The van der Waals surface area contributed by atoms with E-state index in [1.807, 2.05) is 0 Å². The van der Waals surface area contributed by atoms with Crippen LogP contribution in [0.25, 0.3) is 0 Å². The van der Waals surface area contributed by atoms with Crippen LogP contribution in [0.2, 0.25) is 0 Å². The first-order valence-electron chi connectivity index (χ1n) is 4.06. The van der Waals surface area contributed by atoms with Crippen molar-refractivity contribution in [3.63, 3.8) is 0 Å². The van der Waals surface area contributed by atoms with Gasteiger partial charge in [-0.05, 0) is 23.9 Å². The summed E-state index contributed by atoms with van der Waals surface area (Å²) >= 11 is 0.788. The zero-order valence-corrected chi connectivity index (χ0v) is 8.81. The van der Waals surface area contributed by atoms with Crippen molar-refractivity contribution in [3.05, 3.63) is 29.6 Å². The van der Waals surface area contributed by atoms with Crippen LogP contribution in [0.15, 0.2) is 18.2 Å². The average molecular weight is 225 g/mol. The van der Waals surface area contributed by atoms with E-state index in [2.05, 4.69) is 0 Å². The Morgan fingerprint density at radius 3 is 2.93 bits per heavy atom. The van der Waals surface area contributed by atoms with Crippen molar-refractivity contribution in [2.24, 2.45) is 0 Å². The molecule has 0 spiro atoms. The molecule has 0 aliphatic carbocycles. The highest BCUT2D eigenvalue weighted by molar-refractivity contribution is 8.04. The van der Waals surface area contributed by atoms with Crippen LogP contribution in [0.5, 0.6) is 5.75 Å². The molecule has 0 atom stereocenters. The SMILES string of the molecule is COc1ccc(C(=O)CSC#N)c(F)c1. The fourth-order valence-corrected chi connectivity index (χ4v) is 1.38. The van der Waals surface area contributed by atoms with Crippen LogP contribution in [-0.4, -0.2) is 18.6 Å². The molecule has 0 amide bonds. The number of carbonyl (C=O) groups excluding carboxylic acids is 1. The number of nitrogens with zero attached hydrogens (tertiary/aromatic N) is 1. The number of thiocyanates is 1. The van der Waals surface area contributed by atoms with E-state index in [0.29, 0.717) is 5.75 Å². The van der Waals surface area contributed by atoms with Crippen molar-refractivity contribution in [3.8, 4) is 11.2 Å². The number of methoxy groups -OCH3 is 1. The lowest BCUT2D eigenvalue weighted by atomic mass is 10.1. The quantitative estimate of drug-likeness (QED) is 0.582. The normalized spacial score (nSPS) is 9.40. The summed E-state index contributed by atoms with van der Waals surface area (Å²) in [5.41, 5.74) is -0.0152. The molecule has 0 heterocycles. The number of benzene rings is 1. The molecule has 0 saturated carbocycles. The monoisotopic (exact) mass is 225 g/mol. The Labute approximate surface area is 90.8 Å². The fourth-order valence-electron chi connectivity index (χ4n) is 1.02. The molecular weight excluding hydrogens is 217 g/mol. The molecule has 0 radical (unpaired) electrons. The van der Waals surface area contributed by atoms with Crippen LogP contribution in [0.3, 0.4) is 0 Å². The number of Topliss-reactive ketones (excluding diaryl/α,β-unsaturated/α-hetero) is 1. The summed E-state index contributed by atoms with van der Waals surface area (Å²) in [4.78, 5) is 11.4. The van der Waals surface area contributed by atoms with Crippen LogP contribution < -0.4 is 4.74 Å². The molecule has 15 heavy (non-hydrogen) atoms. The predicted octanol–water partition coefficient (Wildman–Crippen LogP) is 2.23. The number of ether oxygens (including phenoxy) is 1. The highest BCUT2D eigenvalue weighted by Crippen LogP contribution is 2.17. The number of ketones is 1. The van der Waals surface area contributed by atoms with Gasteiger partial charge >= 0.3 is 0 Å². The maximum Gasteiger partial charge on any atom is 0.176 e. The van der Waals surface area contributed by atoms with Gasteiger partial charge in [-0.25, -0.2) is 4.39 Å². The maximum atomic E-state index is 13.3. The first-order chi connectivity index (χ1) is 7.19. The number of carbonyl (C=O) groups is 1. The first-order valence-corrected chi connectivity index (χ1v) is 5.05. The van der Waals surface area contributed by atoms with E-state index in [4.69, 9.17) is 10.00 Å². The summed E-state index contributed by atoms with van der Waals surface area (Å²) in [7, 11) is 1.42. The van der Waals surface area contributed by atoms with Crippen molar-refractivity contribution >= 4 is 17.5 Å². The van der Waals surface area contributed by atoms with Gasteiger partial charge in [-0.3, -0.25) is 4.79 Å². The summed E-state index contributed by atoms with van der Waals surface area (Å²) in [5, 5.41) is 10.0. The zero-order chi connectivity index (χ0) is 11.3. The Balaban J connectivity index is 2.86. The summed E-state index contributed by atoms with van der Waals surface area (Å²) < 4.78 is 18.1. The Bertz CT molecular complexity index is 414. The predicted molar refractivity (Wildman–Crippen MR) is 55.4 cm³/mol. The second-order valence-corrected chi connectivity index (χ2v) is 3.41. The number of nitriles is 1. The van der Waals surface area contributed by atoms with Crippen molar-refractivity contribution in [2.75, 3.05) is 12.9 Å². The summed E-state index contributed by atoms with van der Waals surface area (Å²) in [5.74, 6) is -0.712. The van der Waals surface area contributed by atoms with Gasteiger partial charge in [0.1, 0.15) is 17.0 Å². The van der Waals surface area contributed by atoms with Crippen molar-refractivity contribution in [1.82, 2.24) is 0 Å². The van der Waals surface area contributed by atoms with Gasteiger partial charge in [-0.2, -0.15) is 5.26 Å². The Hall–Kier alpha value is -1.54. The minimum atomic E-state index is -0.627. The molecule has 0 saturated heterocycles. The van der Waals surface area contributed by atoms with E-state index in [1.165, 1.54) is 19.2 Å². The Morgan fingerprint density at radius 1 is 1.67 bits per heavy atom. The fraction of sp³-hybridized carbons (Fsp3) is 0.200. The molecule has 0 bridgehead atoms. The van der Waals surface area contributed by atoms with E-state index >= 15 is 0 Å². The molecule has 1 rings (SSSR count). The number of halogens is 1. The topological polar surface area (TPSA) is 50.1 Å². The summed E-state index contributed by atoms with van der Waals surface area (Å²) in [6.07, 6.45) is 0. The molecule has 1 aromatic rings. The number of rotatable bonds is 4. The summed E-state index contributed by atoms with van der Waals surface area (Å²) in [6, 6.07) is 4.01. The highest BCUT2D eigenvalue weighted by atomic mass is 32.2. The van der Waals surface area contributed by atoms with Crippen LogP contribution in [0.1, 0.15) is 10.4 Å². The molecule has 78 valence electrons. The van der Waals surface area contributed by atoms with Gasteiger partial charge in [0.05, 0.1) is 18.4 Å². The van der Waals surface area contributed by atoms with Crippen LogP contribution in [0, 0.1) is 16.5 Å². The summed E-state index contributed by atoms with van der Waals surface area (Å²) in [6.45, 7) is 0. The zero-order valence-electron chi connectivity index (χ0n) is 7.99. The minimum Gasteiger partial charge on any atom is -0.497 e. The number of thioether (sulfide) groups is 1. The first kappa shape index (κ1) is 11.5. The van der Waals surface area contributed by atoms with Crippen molar-refractivity contribution < 1.29 is 13.9 Å². The lowest BCUT2D eigenvalue weighted by Crippen LogP contribution is -2.05. The molecule has 5 heteroatoms. The van der Waals surface area contributed by atoms with E-state index in [9.17, 15) is 9.18 Å². The molecule has 0 aliphatic heterocycles. The molecule has 0 unspecified atom stereocenters. The molecule has 3 nitrogen and oxygen atoms in total. The van der Waals surface area contributed by atoms with Gasteiger partial charge in [0, 0.05) is 6.07 Å². The lowest BCUT2D eigenvalue weighted by molar-refractivity contribution is 0.101. The van der Waals surface area contributed by atoms with Crippen molar-refractivity contribution in [1.29, 1.82) is 5.26 Å². The maximum absolute atomic E-state index is 13.3. The Kier molecular flexibility index (Phi) is 4.13. The smallest absolute Gasteiger partial charge is 0.176 e. The van der Waals surface area contributed by atoms with Gasteiger partial charge < -0.3 is 4.74 Å². The Morgan fingerprint density at radius 2 is 2.40 bits per heavy atom. The van der Waals surface area contributed by atoms with Gasteiger partial charge in [-0.15, -0.1) is 0 Å². The largest absolute Gasteiger partial charge is 0.497 e. The second kappa shape index (κ2) is 5.37. The van der Waals surface area contributed by atoms with Gasteiger partial charge in [0.15, 0.2) is 5.78 Å². The van der Waals surface area contributed by atoms with E-state index < -0.39 is 11.6 Å². The van der Waals surface area contributed by atoms with Gasteiger partial charge in [0.25, 0.3) is 0 Å². The lowest BCUT2D eigenvalue weighted by Gasteiger charge is -2.03. The second-order valence-electron chi connectivity index (χ2n) is 2.65. The molecule has 0 N–H and O–H groups in total. The number of hydrogen-bond donors (Lipinski definition) is 0. The average Bonchev–Trinajstić information content (AvgIpc) is 2.25. The van der Waals surface area contributed by atoms with Crippen LogP contribution in [-0.2, 0) is 0 Å². The molecular formula is C10H8FNO2S. The molecule has 0 fully saturated rings. The highest BCUT2D eigenvalue weighted by Gasteiger charge is 2.12. The molecule has 1 aromatic carbocycles.